The largest absolute Gasteiger partial charge is 0.369 e. The van der Waals surface area contributed by atoms with Gasteiger partial charge in [0, 0.05) is 12.8 Å². The van der Waals surface area contributed by atoms with E-state index in [0.29, 0.717) is 0 Å². The lowest BCUT2D eigenvalue weighted by molar-refractivity contribution is -0.133. The summed E-state index contributed by atoms with van der Waals surface area (Å²) in [6.45, 7) is 9.63. The van der Waals surface area contributed by atoms with E-state index < -0.39 is 5.60 Å². The van der Waals surface area contributed by atoms with Crippen molar-refractivity contribution < 1.29 is 9.53 Å². The van der Waals surface area contributed by atoms with Crippen LogP contribution in [0.4, 0.5) is 5.69 Å². The fourth-order valence-corrected chi connectivity index (χ4v) is 1.47. The van der Waals surface area contributed by atoms with Crippen molar-refractivity contribution in [2.45, 2.75) is 53.1 Å². The summed E-state index contributed by atoms with van der Waals surface area (Å²) in [4.78, 5) is 11.9. The van der Waals surface area contributed by atoms with Crippen molar-refractivity contribution in [1.82, 2.24) is 0 Å². The molecule has 1 rings (SSSR count). The van der Waals surface area contributed by atoms with Crippen molar-refractivity contribution in [3.05, 3.63) is 29.8 Å². The molecule has 0 saturated heterocycles. The molecule has 1 aromatic carbocycles. The first-order valence-corrected chi connectivity index (χ1v) is 6.95. The zero-order valence-electron chi connectivity index (χ0n) is 13.0. The van der Waals surface area contributed by atoms with Crippen molar-refractivity contribution in [3.63, 3.8) is 0 Å². The Morgan fingerprint density at radius 3 is 2.47 bits per heavy atom. The molecule has 3 heteroatoms. The summed E-state index contributed by atoms with van der Waals surface area (Å²) < 4.78 is 5.14. The van der Waals surface area contributed by atoms with E-state index in [0.717, 1.165) is 18.5 Å². The Kier molecular flexibility index (Phi) is 8.08. The molecule has 0 atom stereocenters. The highest BCUT2D eigenvalue weighted by Gasteiger charge is 2.26. The number of benzene rings is 1. The molecular weight excluding hydrogens is 238 g/mol. The molecule has 108 valence electrons. The van der Waals surface area contributed by atoms with Crippen molar-refractivity contribution in [3.8, 4) is 0 Å². The predicted molar refractivity (Wildman–Crippen MR) is 81.5 cm³/mol. The molecule has 19 heavy (non-hydrogen) atoms. The van der Waals surface area contributed by atoms with Gasteiger partial charge in [-0.1, -0.05) is 39.3 Å². The first kappa shape index (κ1) is 17.6. The van der Waals surface area contributed by atoms with E-state index in [-0.39, 0.29) is 5.91 Å². The van der Waals surface area contributed by atoms with Crippen LogP contribution in [0.25, 0.3) is 0 Å². The number of carbonyl (C=O) groups excluding carboxylic acids is 1. The van der Waals surface area contributed by atoms with Crippen LogP contribution in [-0.2, 0) is 16.0 Å². The number of methoxy groups -OCH3 is 1. The maximum atomic E-state index is 11.9. The van der Waals surface area contributed by atoms with Gasteiger partial charge in [0.05, 0.1) is 0 Å². The predicted octanol–water partition coefficient (Wildman–Crippen LogP) is 4.03. The Hall–Kier alpha value is -1.35. The lowest BCUT2D eigenvalue weighted by Gasteiger charge is -2.21. The van der Waals surface area contributed by atoms with Crippen LogP contribution in [0.1, 0.15) is 46.6 Å². The Morgan fingerprint density at radius 2 is 1.95 bits per heavy atom. The molecule has 3 nitrogen and oxygen atoms in total. The molecule has 0 aliphatic heterocycles. The Balaban J connectivity index is 0.00000154. The number of anilines is 1. The van der Waals surface area contributed by atoms with E-state index >= 15 is 0 Å². The Bertz CT molecular complexity index is 386. The van der Waals surface area contributed by atoms with Crippen LogP contribution in [0.3, 0.4) is 0 Å². The van der Waals surface area contributed by atoms with Crippen LogP contribution in [0.5, 0.6) is 0 Å². The van der Waals surface area contributed by atoms with E-state index in [1.807, 2.05) is 32.0 Å². The van der Waals surface area contributed by atoms with Gasteiger partial charge in [-0.3, -0.25) is 4.79 Å². The summed E-state index contributed by atoms with van der Waals surface area (Å²) in [5.41, 5.74) is 1.26. The van der Waals surface area contributed by atoms with Crippen molar-refractivity contribution in [2.24, 2.45) is 0 Å². The third-order valence-electron chi connectivity index (χ3n) is 2.78. The number of hydrogen-bond acceptors (Lipinski definition) is 2. The second-order valence-electron chi connectivity index (χ2n) is 4.62. The van der Waals surface area contributed by atoms with Crippen LogP contribution in [0, 0.1) is 0 Å². The van der Waals surface area contributed by atoms with Crippen molar-refractivity contribution in [1.29, 1.82) is 0 Å². The number of carbonyl (C=O) groups is 1. The standard InChI is InChI=1S/C14H21NO2.C2H6/c1-5-7-11-8-6-9-12(10-11)15-13(16)14(2,3)17-4;1-2/h6,8-10H,5,7H2,1-4H3,(H,15,16);1-2H3. The molecule has 0 aromatic heterocycles. The minimum atomic E-state index is -0.805. The summed E-state index contributed by atoms with van der Waals surface area (Å²) in [5, 5.41) is 2.87. The average Bonchev–Trinajstić information content (AvgIpc) is 2.42. The van der Waals surface area contributed by atoms with Crippen LogP contribution in [0.2, 0.25) is 0 Å². The quantitative estimate of drug-likeness (QED) is 0.873. The lowest BCUT2D eigenvalue weighted by atomic mass is 10.1. The third-order valence-corrected chi connectivity index (χ3v) is 2.78. The van der Waals surface area contributed by atoms with Crippen molar-refractivity contribution in [2.75, 3.05) is 12.4 Å². The maximum absolute atomic E-state index is 11.9. The lowest BCUT2D eigenvalue weighted by Crippen LogP contribution is -2.38. The molecule has 1 aromatic rings. The van der Waals surface area contributed by atoms with Crippen LogP contribution in [-0.4, -0.2) is 18.6 Å². The van der Waals surface area contributed by atoms with E-state index in [1.54, 1.807) is 13.8 Å². The molecule has 0 aliphatic carbocycles. The average molecular weight is 265 g/mol. The highest BCUT2D eigenvalue weighted by Crippen LogP contribution is 2.15. The molecule has 0 aliphatic rings. The van der Waals surface area contributed by atoms with Gasteiger partial charge in [0.25, 0.3) is 5.91 Å². The maximum Gasteiger partial charge on any atom is 0.256 e. The summed E-state index contributed by atoms with van der Waals surface area (Å²) in [6, 6.07) is 7.93. The van der Waals surface area contributed by atoms with Gasteiger partial charge in [-0.15, -0.1) is 0 Å². The third kappa shape index (κ3) is 5.88. The summed E-state index contributed by atoms with van der Waals surface area (Å²) in [7, 11) is 1.53. The highest BCUT2D eigenvalue weighted by atomic mass is 16.5. The molecule has 1 amide bonds. The van der Waals surface area contributed by atoms with Crippen LogP contribution in [0.15, 0.2) is 24.3 Å². The second kappa shape index (κ2) is 8.70. The molecule has 0 bridgehead atoms. The van der Waals surface area contributed by atoms with Gasteiger partial charge in [0.15, 0.2) is 0 Å². The molecule has 0 heterocycles. The van der Waals surface area contributed by atoms with Crippen LogP contribution < -0.4 is 5.32 Å². The number of amides is 1. The summed E-state index contributed by atoms with van der Waals surface area (Å²) >= 11 is 0. The van der Waals surface area contributed by atoms with E-state index in [9.17, 15) is 4.79 Å². The molecular formula is C16H27NO2. The monoisotopic (exact) mass is 265 g/mol. The van der Waals surface area contributed by atoms with E-state index in [2.05, 4.69) is 18.3 Å². The van der Waals surface area contributed by atoms with Gasteiger partial charge in [-0.25, -0.2) is 0 Å². The van der Waals surface area contributed by atoms with Gasteiger partial charge in [0.1, 0.15) is 5.60 Å². The fraction of sp³-hybridized carbons (Fsp3) is 0.562. The summed E-state index contributed by atoms with van der Waals surface area (Å²) in [6.07, 6.45) is 2.12. The van der Waals surface area contributed by atoms with Gasteiger partial charge >= 0.3 is 0 Å². The van der Waals surface area contributed by atoms with E-state index in [4.69, 9.17) is 4.74 Å². The normalized spacial score (nSPS) is 10.4. The molecule has 0 spiro atoms. The van der Waals surface area contributed by atoms with Crippen LogP contribution >= 0.6 is 0 Å². The number of nitrogens with one attached hydrogen (secondary N) is 1. The number of ether oxygens (including phenoxy) is 1. The highest BCUT2D eigenvalue weighted by molar-refractivity contribution is 5.96. The van der Waals surface area contributed by atoms with Gasteiger partial charge in [-0.2, -0.15) is 0 Å². The van der Waals surface area contributed by atoms with Gasteiger partial charge in [-0.05, 0) is 38.0 Å². The molecule has 0 fully saturated rings. The SMILES string of the molecule is CC.CCCc1cccc(NC(=O)C(C)(C)OC)c1. The number of rotatable bonds is 5. The molecule has 0 saturated carbocycles. The molecule has 0 unspecified atom stereocenters. The Morgan fingerprint density at radius 1 is 1.32 bits per heavy atom. The molecule has 0 radical (unpaired) electrons. The first-order chi connectivity index (χ1) is 8.99. The fourth-order valence-electron chi connectivity index (χ4n) is 1.47. The minimum Gasteiger partial charge on any atom is -0.369 e. The van der Waals surface area contributed by atoms with E-state index in [1.165, 1.54) is 12.7 Å². The smallest absolute Gasteiger partial charge is 0.256 e. The van der Waals surface area contributed by atoms with Crippen molar-refractivity contribution >= 4 is 11.6 Å². The second-order valence-corrected chi connectivity index (χ2v) is 4.62. The molecule has 1 N–H and O–H groups in total. The van der Waals surface area contributed by atoms with Gasteiger partial charge in [0.2, 0.25) is 0 Å². The van der Waals surface area contributed by atoms with Gasteiger partial charge < -0.3 is 10.1 Å². The number of aryl methyl sites for hydroxylation is 1. The minimum absolute atomic E-state index is 0.131. The topological polar surface area (TPSA) is 38.3 Å². The number of hydrogen-bond donors (Lipinski definition) is 1. The Labute approximate surface area is 117 Å². The zero-order chi connectivity index (χ0) is 14.9. The first-order valence-electron chi connectivity index (χ1n) is 6.95. The zero-order valence-corrected chi connectivity index (χ0v) is 13.0. The summed E-state index contributed by atoms with van der Waals surface area (Å²) in [5.74, 6) is -0.131.